The largest absolute Gasteiger partial charge is 0.383 e. The van der Waals surface area contributed by atoms with Crippen molar-refractivity contribution in [3.05, 3.63) is 30.1 Å². The number of hydrogen-bond acceptors (Lipinski definition) is 4. The molecule has 0 radical (unpaired) electrons. The summed E-state index contributed by atoms with van der Waals surface area (Å²) in [6, 6.07) is 3.47. The minimum Gasteiger partial charge on any atom is -0.383 e. The average Bonchev–Trinajstić information content (AvgIpc) is 2.86. The van der Waals surface area contributed by atoms with Gasteiger partial charge in [0.25, 0.3) is 5.91 Å². The number of aliphatic hydroxyl groups is 1. The first-order chi connectivity index (χ1) is 10.8. The van der Waals surface area contributed by atoms with Crippen molar-refractivity contribution in [1.82, 2.24) is 15.2 Å². The molecule has 0 unspecified atom stereocenters. The molecule has 2 aromatic rings. The monoisotopic (exact) mass is 322 g/mol. The van der Waals surface area contributed by atoms with Crippen molar-refractivity contribution in [1.29, 1.82) is 0 Å². The van der Waals surface area contributed by atoms with Crippen LogP contribution in [0.5, 0.6) is 0 Å². The summed E-state index contributed by atoms with van der Waals surface area (Å²) in [5.74, 6) is -5.38. The number of amides is 1. The molecule has 1 aliphatic rings. The molecule has 1 saturated carbocycles. The molecule has 0 spiro atoms. The fraction of sp³-hybridized carbons (Fsp3) is 0.400. The summed E-state index contributed by atoms with van der Waals surface area (Å²) in [5, 5.41) is 18.5. The number of carbonyl (C=O) groups is 1. The first kappa shape index (κ1) is 15.5. The highest BCUT2D eigenvalue weighted by Crippen LogP contribution is 2.44. The van der Waals surface area contributed by atoms with Gasteiger partial charge >= 0.3 is 5.92 Å². The Morgan fingerprint density at radius 1 is 1.39 bits per heavy atom. The summed E-state index contributed by atoms with van der Waals surface area (Å²) in [4.78, 5) is 15.8. The van der Waals surface area contributed by atoms with Crippen molar-refractivity contribution in [3.8, 4) is 11.3 Å². The minimum absolute atomic E-state index is 0.0180. The van der Waals surface area contributed by atoms with Gasteiger partial charge in [0.2, 0.25) is 0 Å². The summed E-state index contributed by atoms with van der Waals surface area (Å²) in [6.45, 7) is 1.66. The number of halogens is 2. The van der Waals surface area contributed by atoms with Crippen LogP contribution in [-0.4, -0.2) is 37.7 Å². The van der Waals surface area contributed by atoms with E-state index in [1.807, 2.05) is 0 Å². The Kier molecular flexibility index (Phi) is 3.63. The van der Waals surface area contributed by atoms with E-state index in [-0.39, 0.29) is 18.7 Å². The van der Waals surface area contributed by atoms with Gasteiger partial charge in [0.15, 0.2) is 5.82 Å². The van der Waals surface area contributed by atoms with Gasteiger partial charge in [0, 0.05) is 23.5 Å². The molecular formula is C15H16F2N4O2. The number of nitrogens with zero attached hydrogens (tertiary/aromatic N) is 2. The van der Waals surface area contributed by atoms with Crippen LogP contribution in [0.1, 0.15) is 24.8 Å². The van der Waals surface area contributed by atoms with Crippen LogP contribution in [0, 0.1) is 6.92 Å². The van der Waals surface area contributed by atoms with Crippen molar-refractivity contribution in [3.63, 3.8) is 0 Å². The third-order valence-electron chi connectivity index (χ3n) is 4.26. The van der Waals surface area contributed by atoms with Gasteiger partial charge in [-0.05, 0) is 38.3 Å². The van der Waals surface area contributed by atoms with E-state index in [0.29, 0.717) is 17.7 Å². The Morgan fingerprint density at radius 3 is 2.61 bits per heavy atom. The van der Waals surface area contributed by atoms with E-state index in [0.717, 1.165) is 5.56 Å². The number of aromatic amines is 1. The lowest BCUT2D eigenvalue weighted by molar-refractivity contribution is -0.212. The summed E-state index contributed by atoms with van der Waals surface area (Å²) < 4.78 is 28.2. The molecule has 1 aliphatic carbocycles. The lowest BCUT2D eigenvalue weighted by Gasteiger charge is -2.41. The molecule has 122 valence electrons. The average molecular weight is 322 g/mol. The van der Waals surface area contributed by atoms with Crippen LogP contribution in [0.2, 0.25) is 0 Å². The molecule has 1 fully saturated rings. The van der Waals surface area contributed by atoms with Gasteiger partial charge in [0.05, 0.1) is 5.69 Å². The van der Waals surface area contributed by atoms with Gasteiger partial charge in [-0.1, -0.05) is 0 Å². The van der Waals surface area contributed by atoms with Crippen LogP contribution in [-0.2, 0) is 4.79 Å². The topological polar surface area (TPSA) is 90.9 Å². The number of carbonyl (C=O) groups excluding carboxylic acids is 1. The number of H-pyrrole nitrogens is 1. The molecule has 0 atom stereocenters. The first-order valence-electron chi connectivity index (χ1n) is 7.22. The molecule has 8 heteroatoms. The van der Waals surface area contributed by atoms with Gasteiger partial charge in [-0.3, -0.25) is 14.9 Å². The highest BCUT2D eigenvalue weighted by molar-refractivity contribution is 5.97. The number of pyridine rings is 1. The van der Waals surface area contributed by atoms with Crippen molar-refractivity contribution in [2.75, 3.05) is 5.32 Å². The van der Waals surface area contributed by atoms with Crippen LogP contribution >= 0.6 is 0 Å². The highest BCUT2D eigenvalue weighted by atomic mass is 19.3. The summed E-state index contributed by atoms with van der Waals surface area (Å²) in [5.41, 5.74) is -0.348. The fourth-order valence-electron chi connectivity index (χ4n) is 2.54. The summed E-state index contributed by atoms with van der Waals surface area (Å²) in [6.07, 6.45) is 3.49. The van der Waals surface area contributed by atoms with Crippen molar-refractivity contribution in [2.24, 2.45) is 0 Å². The number of aromatic nitrogens is 3. The Balaban J connectivity index is 1.81. The zero-order valence-electron chi connectivity index (χ0n) is 12.4. The maximum atomic E-state index is 14.1. The molecule has 3 N–H and O–H groups in total. The van der Waals surface area contributed by atoms with E-state index >= 15 is 0 Å². The SMILES string of the molecule is Cc1c(NC(=O)C(F)(F)C2(O)CCC2)n[nH]c1-c1ccncc1. The normalized spacial score (nSPS) is 16.7. The molecule has 1 amide bonds. The molecule has 0 bridgehead atoms. The van der Waals surface area contributed by atoms with Gasteiger partial charge in [-0.15, -0.1) is 0 Å². The van der Waals surface area contributed by atoms with Gasteiger partial charge in [-0.2, -0.15) is 13.9 Å². The molecule has 23 heavy (non-hydrogen) atoms. The second kappa shape index (κ2) is 5.38. The first-order valence-corrected chi connectivity index (χ1v) is 7.22. The fourth-order valence-corrected chi connectivity index (χ4v) is 2.54. The number of rotatable bonds is 4. The zero-order valence-corrected chi connectivity index (χ0v) is 12.4. The molecule has 2 aromatic heterocycles. The van der Waals surface area contributed by atoms with Crippen LogP contribution in [0.25, 0.3) is 11.3 Å². The second-order valence-corrected chi connectivity index (χ2v) is 5.72. The van der Waals surface area contributed by atoms with Crippen LogP contribution in [0.4, 0.5) is 14.6 Å². The van der Waals surface area contributed by atoms with Gasteiger partial charge in [0.1, 0.15) is 5.60 Å². The lowest BCUT2D eigenvalue weighted by atomic mass is 9.75. The predicted octanol–water partition coefficient (Wildman–Crippen LogP) is 2.27. The van der Waals surface area contributed by atoms with Crippen LogP contribution < -0.4 is 5.32 Å². The van der Waals surface area contributed by atoms with E-state index in [2.05, 4.69) is 20.5 Å². The molecule has 0 aliphatic heterocycles. The number of nitrogens with one attached hydrogen (secondary N) is 2. The standard InChI is InChI=1S/C15H16F2N4O2/c1-9-11(10-3-7-18-8-4-10)20-21-12(9)19-13(22)15(16,17)14(23)5-2-6-14/h3-4,7-8,23H,2,5-6H2,1H3,(H2,19,20,21,22). The number of hydrogen-bond donors (Lipinski definition) is 3. The highest BCUT2D eigenvalue weighted by Gasteiger charge is 2.61. The maximum Gasteiger partial charge on any atom is 0.352 e. The van der Waals surface area contributed by atoms with E-state index in [1.54, 1.807) is 31.5 Å². The van der Waals surface area contributed by atoms with E-state index in [1.165, 1.54) is 0 Å². The smallest absolute Gasteiger partial charge is 0.352 e. The molecular weight excluding hydrogens is 306 g/mol. The van der Waals surface area contributed by atoms with E-state index in [4.69, 9.17) is 0 Å². The third-order valence-corrected chi connectivity index (χ3v) is 4.26. The quantitative estimate of drug-likeness (QED) is 0.805. The molecule has 0 aromatic carbocycles. The number of alkyl halides is 2. The van der Waals surface area contributed by atoms with E-state index < -0.39 is 17.4 Å². The van der Waals surface area contributed by atoms with Crippen molar-refractivity contribution < 1.29 is 18.7 Å². The van der Waals surface area contributed by atoms with Gasteiger partial charge in [-0.25, -0.2) is 0 Å². The summed E-state index contributed by atoms with van der Waals surface area (Å²) in [7, 11) is 0. The van der Waals surface area contributed by atoms with Crippen LogP contribution in [0.3, 0.4) is 0 Å². The van der Waals surface area contributed by atoms with E-state index in [9.17, 15) is 18.7 Å². The molecule has 6 nitrogen and oxygen atoms in total. The molecule has 2 heterocycles. The minimum atomic E-state index is -3.85. The Labute approximate surface area is 130 Å². The molecule has 3 rings (SSSR count). The second-order valence-electron chi connectivity index (χ2n) is 5.72. The van der Waals surface area contributed by atoms with Crippen LogP contribution in [0.15, 0.2) is 24.5 Å². The van der Waals surface area contributed by atoms with Crippen molar-refractivity contribution in [2.45, 2.75) is 37.7 Å². The lowest BCUT2D eigenvalue weighted by Crippen LogP contribution is -2.59. The Morgan fingerprint density at radius 2 is 2.04 bits per heavy atom. The Hall–Kier alpha value is -2.35. The number of anilines is 1. The zero-order chi connectivity index (χ0) is 16.7. The maximum absolute atomic E-state index is 14.1. The summed E-state index contributed by atoms with van der Waals surface area (Å²) >= 11 is 0. The predicted molar refractivity (Wildman–Crippen MR) is 78.9 cm³/mol. The van der Waals surface area contributed by atoms with Gasteiger partial charge < -0.3 is 10.4 Å². The third kappa shape index (κ3) is 2.48. The Bertz CT molecular complexity index is 726. The molecule has 0 saturated heterocycles. The van der Waals surface area contributed by atoms with Crippen molar-refractivity contribution >= 4 is 11.7 Å².